The summed E-state index contributed by atoms with van der Waals surface area (Å²) in [7, 11) is 0. The van der Waals surface area contributed by atoms with Crippen LogP contribution in [0.4, 0.5) is 4.39 Å². The highest BCUT2D eigenvalue weighted by Crippen LogP contribution is 2.19. The van der Waals surface area contributed by atoms with Crippen molar-refractivity contribution in [2.24, 2.45) is 5.73 Å². The van der Waals surface area contributed by atoms with Crippen molar-refractivity contribution < 1.29 is 4.39 Å². The fourth-order valence-electron chi connectivity index (χ4n) is 1.02. The molecule has 0 bridgehead atoms. The Hall–Kier alpha value is -0.600. The van der Waals surface area contributed by atoms with E-state index in [1.54, 1.807) is 6.07 Å². The van der Waals surface area contributed by atoms with Crippen LogP contribution >= 0.6 is 11.6 Å². The summed E-state index contributed by atoms with van der Waals surface area (Å²) in [5.41, 5.74) is 6.46. The quantitative estimate of drug-likeness (QED) is 0.757. The van der Waals surface area contributed by atoms with Crippen LogP contribution in [0, 0.1) is 5.82 Å². The van der Waals surface area contributed by atoms with Crippen LogP contribution in [0.5, 0.6) is 0 Å². The maximum Gasteiger partial charge on any atom is 0.125 e. The molecular formula is C9H11ClFN. The summed E-state index contributed by atoms with van der Waals surface area (Å²) in [4.78, 5) is 0. The van der Waals surface area contributed by atoms with Crippen LogP contribution in [0.3, 0.4) is 0 Å². The van der Waals surface area contributed by atoms with E-state index in [1.165, 1.54) is 12.1 Å². The number of hydrogen-bond donors (Lipinski definition) is 1. The van der Waals surface area contributed by atoms with Crippen LogP contribution in [0.1, 0.15) is 24.9 Å². The zero-order chi connectivity index (χ0) is 9.14. The summed E-state index contributed by atoms with van der Waals surface area (Å²) in [6, 6.07) is 4.25. The van der Waals surface area contributed by atoms with Crippen LogP contribution < -0.4 is 5.73 Å². The van der Waals surface area contributed by atoms with Crippen molar-refractivity contribution >= 4 is 11.6 Å². The summed E-state index contributed by atoms with van der Waals surface area (Å²) in [6.07, 6.45) is 0.778. The molecule has 0 saturated heterocycles. The summed E-state index contributed by atoms with van der Waals surface area (Å²) in [5.74, 6) is -0.332. The molecule has 0 heterocycles. The number of rotatable bonds is 2. The van der Waals surface area contributed by atoms with Gasteiger partial charge >= 0.3 is 0 Å². The molecule has 0 amide bonds. The van der Waals surface area contributed by atoms with Gasteiger partial charge < -0.3 is 5.73 Å². The third-order valence-electron chi connectivity index (χ3n) is 1.75. The van der Waals surface area contributed by atoms with E-state index in [2.05, 4.69) is 0 Å². The molecule has 1 aromatic rings. The van der Waals surface area contributed by atoms with Crippen molar-refractivity contribution in [2.45, 2.75) is 19.4 Å². The molecule has 0 aliphatic carbocycles. The van der Waals surface area contributed by atoms with Gasteiger partial charge in [0.2, 0.25) is 0 Å². The molecule has 3 heteroatoms. The average Bonchev–Trinajstić information content (AvgIpc) is 2.01. The third-order valence-corrected chi connectivity index (χ3v) is 1.97. The lowest BCUT2D eigenvalue weighted by Gasteiger charge is -2.08. The average molecular weight is 188 g/mol. The molecule has 1 atom stereocenters. The number of hydrogen-bond acceptors (Lipinski definition) is 1. The predicted octanol–water partition coefficient (Wildman–Crippen LogP) is 2.89. The van der Waals surface area contributed by atoms with E-state index >= 15 is 0 Å². The van der Waals surface area contributed by atoms with Gasteiger partial charge in [-0.25, -0.2) is 4.39 Å². The Morgan fingerprint density at radius 1 is 1.50 bits per heavy atom. The summed E-state index contributed by atoms with van der Waals surface area (Å²) >= 11 is 5.66. The standard InChI is InChI=1S/C9H11ClFN/c1-2-9(12)6-3-7(10)5-8(11)4-6/h3-5,9H,2,12H2,1H3/t9-/m0/s1. The molecule has 0 aromatic heterocycles. The van der Waals surface area contributed by atoms with Gasteiger partial charge in [0.25, 0.3) is 0 Å². The van der Waals surface area contributed by atoms with Crippen molar-refractivity contribution in [1.29, 1.82) is 0 Å². The van der Waals surface area contributed by atoms with Gasteiger partial charge in [-0.3, -0.25) is 0 Å². The predicted molar refractivity (Wildman–Crippen MR) is 48.6 cm³/mol. The fraction of sp³-hybridized carbons (Fsp3) is 0.333. The largest absolute Gasteiger partial charge is 0.324 e. The lowest BCUT2D eigenvalue weighted by atomic mass is 10.1. The van der Waals surface area contributed by atoms with Gasteiger partial charge in [0.05, 0.1) is 0 Å². The lowest BCUT2D eigenvalue weighted by Crippen LogP contribution is -2.08. The van der Waals surface area contributed by atoms with Crippen LogP contribution in [0.2, 0.25) is 5.02 Å². The Morgan fingerprint density at radius 3 is 2.67 bits per heavy atom. The first-order chi connectivity index (χ1) is 5.63. The smallest absolute Gasteiger partial charge is 0.125 e. The Morgan fingerprint density at radius 2 is 2.17 bits per heavy atom. The highest BCUT2D eigenvalue weighted by molar-refractivity contribution is 6.30. The summed E-state index contributed by atoms with van der Waals surface area (Å²) < 4.78 is 12.8. The Labute approximate surface area is 76.3 Å². The van der Waals surface area contributed by atoms with E-state index < -0.39 is 0 Å². The minimum atomic E-state index is -0.332. The van der Waals surface area contributed by atoms with Crippen molar-refractivity contribution in [3.05, 3.63) is 34.6 Å². The normalized spacial score (nSPS) is 13.0. The number of benzene rings is 1. The first-order valence-electron chi connectivity index (χ1n) is 3.85. The van der Waals surface area contributed by atoms with Crippen LogP contribution in [0.15, 0.2) is 18.2 Å². The van der Waals surface area contributed by atoms with E-state index in [1.807, 2.05) is 6.92 Å². The molecule has 0 fully saturated rings. The van der Waals surface area contributed by atoms with E-state index in [0.29, 0.717) is 5.02 Å². The second kappa shape index (κ2) is 3.87. The van der Waals surface area contributed by atoms with Crippen LogP contribution in [-0.2, 0) is 0 Å². The van der Waals surface area contributed by atoms with Crippen molar-refractivity contribution in [3.8, 4) is 0 Å². The summed E-state index contributed by atoms with van der Waals surface area (Å²) in [6.45, 7) is 1.95. The van der Waals surface area contributed by atoms with Crippen LogP contribution in [-0.4, -0.2) is 0 Å². The van der Waals surface area contributed by atoms with Crippen molar-refractivity contribution in [2.75, 3.05) is 0 Å². The second-order valence-electron chi connectivity index (χ2n) is 2.72. The lowest BCUT2D eigenvalue weighted by molar-refractivity contribution is 0.617. The maximum absolute atomic E-state index is 12.8. The molecule has 2 N–H and O–H groups in total. The minimum absolute atomic E-state index is 0.127. The molecular weight excluding hydrogens is 177 g/mol. The molecule has 1 aromatic carbocycles. The highest BCUT2D eigenvalue weighted by atomic mass is 35.5. The highest BCUT2D eigenvalue weighted by Gasteiger charge is 2.05. The first kappa shape index (κ1) is 9.49. The molecule has 0 spiro atoms. The van der Waals surface area contributed by atoms with Gasteiger partial charge in [-0.05, 0) is 30.2 Å². The van der Waals surface area contributed by atoms with Gasteiger partial charge in [0.1, 0.15) is 5.82 Å². The molecule has 1 nitrogen and oxygen atoms in total. The van der Waals surface area contributed by atoms with Gasteiger partial charge in [-0.1, -0.05) is 18.5 Å². The molecule has 0 aliphatic heterocycles. The monoisotopic (exact) mass is 187 g/mol. The van der Waals surface area contributed by atoms with Crippen molar-refractivity contribution in [1.82, 2.24) is 0 Å². The van der Waals surface area contributed by atoms with E-state index in [9.17, 15) is 4.39 Å². The molecule has 12 heavy (non-hydrogen) atoms. The van der Waals surface area contributed by atoms with Gasteiger partial charge in [0.15, 0.2) is 0 Å². The summed E-state index contributed by atoms with van der Waals surface area (Å²) in [5, 5.41) is 0.397. The van der Waals surface area contributed by atoms with E-state index in [0.717, 1.165) is 12.0 Å². The first-order valence-corrected chi connectivity index (χ1v) is 4.23. The molecule has 66 valence electrons. The van der Waals surface area contributed by atoms with E-state index in [-0.39, 0.29) is 11.9 Å². The minimum Gasteiger partial charge on any atom is -0.324 e. The Kier molecular flexibility index (Phi) is 3.06. The molecule has 0 unspecified atom stereocenters. The zero-order valence-electron chi connectivity index (χ0n) is 6.85. The Balaban J connectivity index is 3.00. The number of nitrogens with two attached hydrogens (primary N) is 1. The zero-order valence-corrected chi connectivity index (χ0v) is 7.61. The molecule has 0 aliphatic rings. The molecule has 0 saturated carbocycles. The number of halogens is 2. The molecule has 0 radical (unpaired) electrons. The topological polar surface area (TPSA) is 26.0 Å². The third kappa shape index (κ3) is 2.19. The Bertz CT molecular complexity index is 255. The van der Waals surface area contributed by atoms with Gasteiger partial charge in [0, 0.05) is 11.1 Å². The molecule has 1 rings (SSSR count). The second-order valence-corrected chi connectivity index (χ2v) is 3.15. The SMILES string of the molecule is CC[C@H](N)c1cc(F)cc(Cl)c1. The van der Waals surface area contributed by atoms with Gasteiger partial charge in [-0.15, -0.1) is 0 Å². The maximum atomic E-state index is 12.8. The van der Waals surface area contributed by atoms with Crippen molar-refractivity contribution in [3.63, 3.8) is 0 Å². The van der Waals surface area contributed by atoms with E-state index in [4.69, 9.17) is 17.3 Å². The fourth-order valence-corrected chi connectivity index (χ4v) is 1.26. The van der Waals surface area contributed by atoms with Crippen LogP contribution in [0.25, 0.3) is 0 Å². The van der Waals surface area contributed by atoms with Gasteiger partial charge in [-0.2, -0.15) is 0 Å².